The van der Waals surface area contributed by atoms with Crippen molar-refractivity contribution in [2.45, 2.75) is 39.0 Å². The van der Waals surface area contributed by atoms with Crippen molar-refractivity contribution in [3.8, 4) is 0 Å². The molecule has 0 saturated carbocycles. The Kier molecular flexibility index (Phi) is 3.04. The van der Waals surface area contributed by atoms with Crippen LogP contribution in [0.15, 0.2) is 4.99 Å². The second kappa shape index (κ2) is 3.69. The van der Waals surface area contributed by atoms with Gasteiger partial charge in [0.2, 0.25) is 0 Å². The molecule has 1 aliphatic rings. The lowest BCUT2D eigenvalue weighted by molar-refractivity contribution is 0.428. The van der Waals surface area contributed by atoms with Gasteiger partial charge in [0.25, 0.3) is 0 Å². The Morgan fingerprint density at radius 1 is 1.25 bits per heavy atom. The summed E-state index contributed by atoms with van der Waals surface area (Å²) in [6.45, 7) is 8.90. The topological polar surface area (TPSA) is 38.4 Å². The molecule has 1 heterocycles. The number of aliphatic imine (C=N–C) groups is 1. The fourth-order valence-electron chi connectivity index (χ4n) is 1.52. The zero-order chi connectivity index (χ0) is 9.30. The molecule has 0 aromatic rings. The van der Waals surface area contributed by atoms with Crippen LogP contribution in [0.1, 0.15) is 27.7 Å². The summed E-state index contributed by atoms with van der Waals surface area (Å²) in [7, 11) is 0. The summed E-state index contributed by atoms with van der Waals surface area (Å²) in [5.74, 6) is 1.26. The second-order valence-electron chi connectivity index (χ2n) is 4.03. The first kappa shape index (κ1) is 9.90. The van der Waals surface area contributed by atoms with Crippen LogP contribution >= 0.6 is 11.8 Å². The molecule has 0 bridgehead atoms. The number of thioether (sulfide) groups is 1. The molecule has 0 saturated heterocycles. The predicted octanol–water partition coefficient (Wildman–Crippen LogP) is 2.10. The van der Waals surface area contributed by atoms with E-state index in [4.69, 9.17) is 5.73 Å². The molecule has 0 aliphatic carbocycles. The van der Waals surface area contributed by atoms with E-state index in [1.54, 1.807) is 11.8 Å². The molecule has 2 atom stereocenters. The third-order valence-corrected chi connectivity index (χ3v) is 3.65. The van der Waals surface area contributed by atoms with Gasteiger partial charge in [-0.3, -0.25) is 4.99 Å². The SMILES string of the molecule is CC(C)C1N=C(N)SC1C(C)C. The van der Waals surface area contributed by atoms with Crippen molar-refractivity contribution in [2.75, 3.05) is 0 Å². The van der Waals surface area contributed by atoms with Crippen LogP contribution in [0.3, 0.4) is 0 Å². The van der Waals surface area contributed by atoms with E-state index in [0.29, 0.717) is 23.1 Å². The lowest BCUT2D eigenvalue weighted by atomic mass is 9.95. The molecule has 0 radical (unpaired) electrons. The van der Waals surface area contributed by atoms with Gasteiger partial charge in [0.15, 0.2) is 5.17 Å². The normalized spacial score (nSPS) is 30.0. The summed E-state index contributed by atoms with van der Waals surface area (Å²) in [6, 6.07) is 0.426. The van der Waals surface area contributed by atoms with E-state index in [-0.39, 0.29) is 0 Å². The second-order valence-corrected chi connectivity index (χ2v) is 5.23. The molecule has 12 heavy (non-hydrogen) atoms. The Hall–Kier alpha value is -0.180. The number of nitrogens with zero attached hydrogens (tertiary/aromatic N) is 1. The molecule has 0 amide bonds. The molecule has 2 N–H and O–H groups in total. The highest BCUT2D eigenvalue weighted by Gasteiger charge is 2.33. The Bertz CT molecular complexity index is 187. The average molecular weight is 186 g/mol. The molecule has 0 aromatic heterocycles. The van der Waals surface area contributed by atoms with Gasteiger partial charge in [-0.05, 0) is 11.8 Å². The van der Waals surface area contributed by atoms with Crippen molar-refractivity contribution in [3.05, 3.63) is 0 Å². The zero-order valence-corrected chi connectivity index (χ0v) is 9.06. The van der Waals surface area contributed by atoms with Crippen molar-refractivity contribution in [2.24, 2.45) is 22.6 Å². The average Bonchev–Trinajstić information content (AvgIpc) is 2.31. The first-order valence-corrected chi connectivity index (χ1v) is 5.40. The van der Waals surface area contributed by atoms with Crippen LogP contribution < -0.4 is 5.73 Å². The molecule has 70 valence electrons. The lowest BCUT2D eigenvalue weighted by Crippen LogP contribution is -2.27. The highest BCUT2D eigenvalue weighted by Crippen LogP contribution is 2.34. The van der Waals surface area contributed by atoms with Gasteiger partial charge in [-0.1, -0.05) is 39.5 Å². The van der Waals surface area contributed by atoms with Gasteiger partial charge >= 0.3 is 0 Å². The number of hydrogen-bond donors (Lipinski definition) is 1. The Labute approximate surface area is 79.0 Å². The molecule has 3 heteroatoms. The van der Waals surface area contributed by atoms with Gasteiger partial charge in [-0.15, -0.1) is 0 Å². The number of nitrogens with two attached hydrogens (primary N) is 1. The largest absolute Gasteiger partial charge is 0.379 e. The van der Waals surface area contributed by atoms with E-state index in [1.165, 1.54) is 0 Å². The molecular weight excluding hydrogens is 168 g/mol. The van der Waals surface area contributed by atoms with E-state index in [9.17, 15) is 0 Å². The molecule has 0 fully saturated rings. The molecular formula is C9H18N2S. The van der Waals surface area contributed by atoms with Gasteiger partial charge in [0.05, 0.1) is 6.04 Å². The van der Waals surface area contributed by atoms with Crippen molar-refractivity contribution >= 4 is 16.9 Å². The number of hydrogen-bond acceptors (Lipinski definition) is 3. The first-order valence-electron chi connectivity index (χ1n) is 4.52. The van der Waals surface area contributed by atoms with Crippen LogP contribution in [-0.2, 0) is 0 Å². The van der Waals surface area contributed by atoms with Gasteiger partial charge in [-0.2, -0.15) is 0 Å². The van der Waals surface area contributed by atoms with Gasteiger partial charge in [-0.25, -0.2) is 0 Å². The predicted molar refractivity (Wildman–Crippen MR) is 56.5 cm³/mol. The summed E-state index contributed by atoms with van der Waals surface area (Å²) in [5.41, 5.74) is 5.70. The van der Waals surface area contributed by atoms with Crippen molar-refractivity contribution < 1.29 is 0 Å². The van der Waals surface area contributed by atoms with Crippen LogP contribution in [0.4, 0.5) is 0 Å². The van der Waals surface area contributed by atoms with Crippen molar-refractivity contribution in [1.82, 2.24) is 0 Å². The number of rotatable bonds is 2. The zero-order valence-electron chi connectivity index (χ0n) is 8.24. The van der Waals surface area contributed by atoms with Crippen LogP contribution in [-0.4, -0.2) is 16.5 Å². The van der Waals surface area contributed by atoms with E-state index in [2.05, 4.69) is 32.7 Å². The molecule has 1 aliphatic heterocycles. The summed E-state index contributed by atoms with van der Waals surface area (Å²) in [6.07, 6.45) is 0. The maximum Gasteiger partial charge on any atom is 0.154 e. The van der Waals surface area contributed by atoms with Crippen LogP contribution in [0, 0.1) is 11.8 Å². The Balaban J connectivity index is 2.68. The molecule has 1 rings (SSSR count). The van der Waals surface area contributed by atoms with Gasteiger partial charge in [0.1, 0.15) is 0 Å². The molecule has 2 nitrogen and oxygen atoms in total. The van der Waals surface area contributed by atoms with E-state index >= 15 is 0 Å². The molecule has 2 unspecified atom stereocenters. The first-order chi connectivity index (χ1) is 5.52. The minimum Gasteiger partial charge on any atom is -0.379 e. The van der Waals surface area contributed by atoms with Crippen LogP contribution in [0.2, 0.25) is 0 Å². The fraction of sp³-hybridized carbons (Fsp3) is 0.889. The maximum absolute atomic E-state index is 5.70. The molecule has 0 aromatic carbocycles. The van der Waals surface area contributed by atoms with Crippen molar-refractivity contribution in [1.29, 1.82) is 0 Å². The third kappa shape index (κ3) is 1.94. The minimum atomic E-state index is 0.426. The molecule has 0 spiro atoms. The smallest absolute Gasteiger partial charge is 0.154 e. The summed E-state index contributed by atoms with van der Waals surface area (Å²) in [4.78, 5) is 4.45. The summed E-state index contributed by atoms with van der Waals surface area (Å²) >= 11 is 1.74. The lowest BCUT2D eigenvalue weighted by Gasteiger charge is -2.22. The maximum atomic E-state index is 5.70. The third-order valence-electron chi connectivity index (χ3n) is 2.21. The monoisotopic (exact) mass is 186 g/mol. The van der Waals surface area contributed by atoms with E-state index in [0.717, 1.165) is 5.17 Å². The Morgan fingerprint density at radius 3 is 2.17 bits per heavy atom. The van der Waals surface area contributed by atoms with E-state index < -0.39 is 0 Å². The van der Waals surface area contributed by atoms with Gasteiger partial charge < -0.3 is 5.73 Å². The quantitative estimate of drug-likeness (QED) is 0.717. The highest BCUT2D eigenvalue weighted by atomic mass is 32.2. The van der Waals surface area contributed by atoms with Crippen LogP contribution in [0.25, 0.3) is 0 Å². The number of amidine groups is 1. The summed E-state index contributed by atoms with van der Waals surface area (Å²) < 4.78 is 0. The Morgan fingerprint density at radius 2 is 1.83 bits per heavy atom. The van der Waals surface area contributed by atoms with Gasteiger partial charge in [0, 0.05) is 5.25 Å². The van der Waals surface area contributed by atoms with Crippen LogP contribution in [0.5, 0.6) is 0 Å². The minimum absolute atomic E-state index is 0.426. The van der Waals surface area contributed by atoms with Crippen molar-refractivity contribution in [3.63, 3.8) is 0 Å². The highest BCUT2D eigenvalue weighted by molar-refractivity contribution is 8.14. The fourth-order valence-corrected chi connectivity index (χ4v) is 2.77. The summed E-state index contributed by atoms with van der Waals surface area (Å²) in [5, 5.41) is 1.36. The van der Waals surface area contributed by atoms with E-state index in [1.807, 2.05) is 0 Å². The standard InChI is InChI=1S/C9H18N2S/c1-5(2)7-8(6(3)4)12-9(10)11-7/h5-8H,1-4H3,(H2,10,11).